The molecular formula is C10H16ClNS. The van der Waals surface area contributed by atoms with E-state index in [-0.39, 0.29) is 12.4 Å². The van der Waals surface area contributed by atoms with Gasteiger partial charge in [-0.05, 0) is 26.2 Å². The van der Waals surface area contributed by atoms with Crippen LogP contribution in [0, 0.1) is 0 Å². The normalized spacial score (nSPS) is 9.77. The summed E-state index contributed by atoms with van der Waals surface area (Å²) < 4.78 is 0. The van der Waals surface area contributed by atoms with Gasteiger partial charge in [0.05, 0.1) is 0 Å². The summed E-state index contributed by atoms with van der Waals surface area (Å²) in [5.74, 6) is 1.16. The molecule has 74 valence electrons. The topological polar surface area (TPSA) is 3.24 Å². The van der Waals surface area contributed by atoms with Gasteiger partial charge in [-0.25, -0.2) is 0 Å². The number of nitrogens with zero attached hydrogens (tertiary/aromatic N) is 1. The lowest BCUT2D eigenvalue weighted by Crippen LogP contribution is -2.14. The van der Waals surface area contributed by atoms with Crippen molar-refractivity contribution in [3.8, 4) is 0 Å². The van der Waals surface area contributed by atoms with E-state index in [0.717, 1.165) is 12.3 Å². The molecule has 13 heavy (non-hydrogen) atoms. The van der Waals surface area contributed by atoms with Crippen molar-refractivity contribution in [2.75, 3.05) is 26.4 Å². The zero-order valence-corrected chi connectivity index (χ0v) is 9.70. The Kier molecular flexibility index (Phi) is 7.14. The molecule has 1 aromatic rings. The quantitative estimate of drug-likeness (QED) is 0.714. The number of rotatable bonds is 4. The lowest BCUT2D eigenvalue weighted by molar-refractivity contribution is 0.437. The third-order valence-corrected chi connectivity index (χ3v) is 2.54. The summed E-state index contributed by atoms with van der Waals surface area (Å²) in [6.07, 6.45) is 0. The Bertz CT molecular complexity index is 213. The Morgan fingerprint density at radius 2 is 1.77 bits per heavy atom. The second kappa shape index (κ2) is 7.25. The van der Waals surface area contributed by atoms with Crippen LogP contribution in [-0.2, 0) is 0 Å². The van der Waals surface area contributed by atoms with Crippen molar-refractivity contribution in [2.45, 2.75) is 4.90 Å². The van der Waals surface area contributed by atoms with Gasteiger partial charge in [0.25, 0.3) is 0 Å². The van der Waals surface area contributed by atoms with Gasteiger partial charge in [0.1, 0.15) is 0 Å². The smallest absolute Gasteiger partial charge is 0.0108 e. The molecule has 0 aliphatic rings. The predicted molar refractivity (Wildman–Crippen MR) is 63.0 cm³/mol. The standard InChI is InChI=1S/C10H15NS.ClH/c1-11(2)8-9-12-10-6-4-3-5-7-10;/h3-7H,8-9H2,1-2H3;1H. The van der Waals surface area contributed by atoms with Crippen LogP contribution in [0.15, 0.2) is 35.2 Å². The molecule has 0 N–H and O–H groups in total. The first-order chi connectivity index (χ1) is 5.79. The minimum atomic E-state index is 0. The summed E-state index contributed by atoms with van der Waals surface area (Å²) >= 11 is 1.91. The average molecular weight is 218 g/mol. The van der Waals surface area contributed by atoms with Crippen LogP contribution in [-0.4, -0.2) is 31.3 Å². The molecular weight excluding hydrogens is 202 g/mol. The SMILES string of the molecule is CN(C)CCSc1ccccc1.Cl. The van der Waals surface area contributed by atoms with Crippen molar-refractivity contribution in [2.24, 2.45) is 0 Å². The van der Waals surface area contributed by atoms with Gasteiger partial charge < -0.3 is 4.90 Å². The Labute approximate surface area is 90.9 Å². The molecule has 0 heterocycles. The Morgan fingerprint density at radius 3 is 2.31 bits per heavy atom. The van der Waals surface area contributed by atoms with Crippen LogP contribution in [0.4, 0.5) is 0 Å². The third-order valence-electron chi connectivity index (χ3n) is 1.55. The van der Waals surface area contributed by atoms with Crippen LogP contribution in [0.3, 0.4) is 0 Å². The van der Waals surface area contributed by atoms with Crippen molar-refractivity contribution in [1.29, 1.82) is 0 Å². The second-order valence-electron chi connectivity index (χ2n) is 2.96. The first-order valence-corrected chi connectivity index (χ1v) is 5.10. The number of benzene rings is 1. The maximum absolute atomic E-state index is 2.20. The molecule has 1 rings (SSSR count). The van der Waals surface area contributed by atoms with Crippen LogP contribution < -0.4 is 0 Å². The summed E-state index contributed by atoms with van der Waals surface area (Å²) in [4.78, 5) is 3.56. The highest BCUT2D eigenvalue weighted by molar-refractivity contribution is 7.99. The fourth-order valence-corrected chi connectivity index (χ4v) is 1.90. The Hall–Kier alpha value is -0.180. The molecule has 0 spiro atoms. The predicted octanol–water partition coefficient (Wildman–Crippen LogP) is 2.76. The molecule has 0 bridgehead atoms. The highest BCUT2D eigenvalue weighted by Gasteiger charge is 1.92. The molecule has 0 aliphatic heterocycles. The minimum Gasteiger partial charge on any atom is -0.309 e. The van der Waals surface area contributed by atoms with Crippen LogP contribution in [0.2, 0.25) is 0 Å². The molecule has 3 heteroatoms. The van der Waals surface area contributed by atoms with E-state index in [2.05, 4.69) is 49.3 Å². The lowest BCUT2D eigenvalue weighted by Gasteiger charge is -2.08. The molecule has 0 aromatic heterocycles. The average Bonchev–Trinajstić information content (AvgIpc) is 2.05. The summed E-state index contributed by atoms with van der Waals surface area (Å²) in [7, 11) is 4.21. The third kappa shape index (κ3) is 5.97. The Morgan fingerprint density at radius 1 is 1.15 bits per heavy atom. The second-order valence-corrected chi connectivity index (χ2v) is 4.13. The first kappa shape index (κ1) is 12.8. The molecule has 0 fully saturated rings. The van der Waals surface area contributed by atoms with Gasteiger partial charge in [0, 0.05) is 17.2 Å². The highest BCUT2D eigenvalue weighted by atomic mass is 35.5. The van der Waals surface area contributed by atoms with Gasteiger partial charge in [0.2, 0.25) is 0 Å². The van der Waals surface area contributed by atoms with E-state index < -0.39 is 0 Å². The largest absolute Gasteiger partial charge is 0.309 e. The summed E-state index contributed by atoms with van der Waals surface area (Å²) in [5.41, 5.74) is 0. The van der Waals surface area contributed by atoms with E-state index in [9.17, 15) is 0 Å². The molecule has 1 aromatic carbocycles. The van der Waals surface area contributed by atoms with E-state index in [1.54, 1.807) is 0 Å². The molecule has 0 atom stereocenters. The molecule has 0 aliphatic carbocycles. The lowest BCUT2D eigenvalue weighted by atomic mass is 10.4. The summed E-state index contributed by atoms with van der Waals surface area (Å²) in [6, 6.07) is 10.5. The first-order valence-electron chi connectivity index (χ1n) is 4.11. The van der Waals surface area contributed by atoms with E-state index in [4.69, 9.17) is 0 Å². The van der Waals surface area contributed by atoms with Crippen LogP contribution in [0.5, 0.6) is 0 Å². The Balaban J connectivity index is 0.00000144. The van der Waals surface area contributed by atoms with Gasteiger partial charge in [-0.2, -0.15) is 0 Å². The van der Waals surface area contributed by atoms with E-state index in [0.29, 0.717) is 0 Å². The van der Waals surface area contributed by atoms with Crippen molar-refractivity contribution >= 4 is 24.2 Å². The minimum absolute atomic E-state index is 0. The van der Waals surface area contributed by atoms with Gasteiger partial charge >= 0.3 is 0 Å². The molecule has 0 saturated heterocycles. The number of hydrogen-bond acceptors (Lipinski definition) is 2. The van der Waals surface area contributed by atoms with Gasteiger partial charge in [0.15, 0.2) is 0 Å². The van der Waals surface area contributed by atoms with E-state index >= 15 is 0 Å². The number of halogens is 1. The zero-order valence-electron chi connectivity index (χ0n) is 8.06. The van der Waals surface area contributed by atoms with Crippen LogP contribution in [0.25, 0.3) is 0 Å². The van der Waals surface area contributed by atoms with Crippen molar-refractivity contribution in [1.82, 2.24) is 4.90 Å². The number of hydrogen-bond donors (Lipinski definition) is 0. The maximum atomic E-state index is 2.20. The van der Waals surface area contributed by atoms with Gasteiger partial charge in [-0.1, -0.05) is 18.2 Å². The van der Waals surface area contributed by atoms with E-state index in [1.165, 1.54) is 4.90 Å². The van der Waals surface area contributed by atoms with Gasteiger partial charge in [-0.15, -0.1) is 24.2 Å². The fraction of sp³-hybridized carbons (Fsp3) is 0.400. The van der Waals surface area contributed by atoms with E-state index in [1.807, 2.05) is 11.8 Å². The number of thioether (sulfide) groups is 1. The highest BCUT2D eigenvalue weighted by Crippen LogP contribution is 2.16. The van der Waals surface area contributed by atoms with Crippen molar-refractivity contribution in [3.05, 3.63) is 30.3 Å². The zero-order chi connectivity index (χ0) is 8.81. The molecule has 1 nitrogen and oxygen atoms in total. The molecule has 0 radical (unpaired) electrons. The maximum Gasteiger partial charge on any atom is 0.0108 e. The summed E-state index contributed by atoms with van der Waals surface area (Å²) in [6.45, 7) is 1.14. The fourth-order valence-electron chi connectivity index (χ4n) is 0.863. The van der Waals surface area contributed by atoms with Crippen LogP contribution >= 0.6 is 24.2 Å². The van der Waals surface area contributed by atoms with Crippen LogP contribution in [0.1, 0.15) is 0 Å². The monoisotopic (exact) mass is 217 g/mol. The van der Waals surface area contributed by atoms with Gasteiger partial charge in [-0.3, -0.25) is 0 Å². The summed E-state index contributed by atoms with van der Waals surface area (Å²) in [5, 5.41) is 0. The molecule has 0 unspecified atom stereocenters. The van der Waals surface area contributed by atoms with Crippen molar-refractivity contribution < 1.29 is 0 Å². The van der Waals surface area contributed by atoms with Crippen molar-refractivity contribution in [3.63, 3.8) is 0 Å². The molecule has 0 saturated carbocycles. The molecule has 0 amide bonds.